The summed E-state index contributed by atoms with van der Waals surface area (Å²) >= 11 is 4.12. The topological polar surface area (TPSA) is 16.1 Å². The van der Waals surface area contributed by atoms with E-state index in [1.54, 1.807) is 6.20 Å². The molecule has 0 radical (unpaired) electrons. The molecule has 0 bridgehead atoms. The van der Waals surface area contributed by atoms with Gasteiger partial charge in [-0.1, -0.05) is 0 Å². The molecule has 3 heteroatoms. The Hall–Kier alpha value is -0.700. The van der Waals surface area contributed by atoms with Crippen LogP contribution in [0.15, 0.2) is 23.2 Å². The maximum absolute atomic E-state index is 4.13. The van der Waals surface area contributed by atoms with Gasteiger partial charge in [-0.3, -0.25) is 0 Å². The van der Waals surface area contributed by atoms with Gasteiger partial charge < -0.3 is 4.90 Å². The second kappa shape index (κ2) is 2.92. The average Bonchev–Trinajstić information content (AvgIpc) is 1.88. The molecule has 1 aromatic rings. The number of nitrogens with zero attached hydrogens (tertiary/aromatic N) is 2. The summed E-state index contributed by atoms with van der Waals surface area (Å²) in [5.41, 5.74) is 0. The highest BCUT2D eigenvalue weighted by molar-refractivity contribution is 7.80. The second-order valence-corrected chi connectivity index (χ2v) is 2.79. The highest BCUT2D eigenvalue weighted by atomic mass is 32.1. The molecule has 0 unspecified atom stereocenters. The predicted molar refractivity (Wildman–Crippen MR) is 45.8 cm³/mol. The van der Waals surface area contributed by atoms with E-state index in [0.717, 1.165) is 10.7 Å². The van der Waals surface area contributed by atoms with E-state index in [1.807, 2.05) is 31.1 Å². The van der Waals surface area contributed by atoms with Crippen molar-refractivity contribution < 1.29 is 0 Å². The van der Waals surface area contributed by atoms with Crippen LogP contribution in [0.1, 0.15) is 0 Å². The number of anilines is 1. The fraction of sp³-hybridized carbons (Fsp3) is 0.286. The number of hydrogen-bond donors (Lipinski definition) is 1. The molecule has 0 atom stereocenters. The van der Waals surface area contributed by atoms with Crippen LogP contribution < -0.4 is 4.90 Å². The Morgan fingerprint density at radius 3 is 2.50 bits per heavy atom. The van der Waals surface area contributed by atoms with Gasteiger partial charge in [-0.2, -0.15) is 0 Å². The molecule has 0 spiro atoms. The van der Waals surface area contributed by atoms with Crippen LogP contribution in [0.25, 0.3) is 0 Å². The quantitative estimate of drug-likeness (QED) is 0.616. The van der Waals surface area contributed by atoms with Crippen molar-refractivity contribution in [2.75, 3.05) is 19.0 Å². The Labute approximate surface area is 66.3 Å². The van der Waals surface area contributed by atoms with Crippen molar-refractivity contribution in [1.82, 2.24) is 4.98 Å². The van der Waals surface area contributed by atoms with E-state index in [-0.39, 0.29) is 0 Å². The van der Waals surface area contributed by atoms with Crippen LogP contribution in [0.5, 0.6) is 0 Å². The van der Waals surface area contributed by atoms with Crippen LogP contribution in [-0.2, 0) is 0 Å². The molecule has 2 nitrogen and oxygen atoms in total. The second-order valence-electron chi connectivity index (χ2n) is 2.27. The van der Waals surface area contributed by atoms with Crippen LogP contribution in [0.3, 0.4) is 0 Å². The van der Waals surface area contributed by atoms with E-state index >= 15 is 0 Å². The minimum atomic E-state index is 0.894. The third kappa shape index (κ3) is 1.64. The Balaban J connectivity index is 2.89. The lowest BCUT2D eigenvalue weighted by atomic mass is 10.4. The number of thiol groups is 1. The van der Waals surface area contributed by atoms with Gasteiger partial charge in [0.2, 0.25) is 0 Å². The number of hydrogen-bond acceptors (Lipinski definition) is 3. The van der Waals surface area contributed by atoms with Crippen molar-refractivity contribution in [1.29, 1.82) is 0 Å². The summed E-state index contributed by atoms with van der Waals surface area (Å²) in [7, 11) is 3.92. The van der Waals surface area contributed by atoms with Gasteiger partial charge >= 0.3 is 0 Å². The molecule has 1 heterocycles. The molecule has 0 aliphatic rings. The summed E-state index contributed by atoms with van der Waals surface area (Å²) in [4.78, 5) is 6.97. The van der Waals surface area contributed by atoms with Gasteiger partial charge in [-0.25, -0.2) is 4.98 Å². The SMILES string of the molecule is CN(C)c1ccc(S)cn1. The van der Waals surface area contributed by atoms with Crippen molar-refractivity contribution in [3.05, 3.63) is 18.3 Å². The third-order valence-corrected chi connectivity index (χ3v) is 1.45. The Morgan fingerprint density at radius 1 is 1.40 bits per heavy atom. The molecule has 0 aliphatic heterocycles. The Bertz CT molecular complexity index is 205. The van der Waals surface area contributed by atoms with E-state index in [2.05, 4.69) is 17.6 Å². The van der Waals surface area contributed by atoms with Crippen molar-refractivity contribution in [3.8, 4) is 0 Å². The normalized spacial score (nSPS) is 9.50. The van der Waals surface area contributed by atoms with Crippen molar-refractivity contribution in [2.24, 2.45) is 0 Å². The molecular weight excluding hydrogens is 144 g/mol. The monoisotopic (exact) mass is 154 g/mol. The molecular formula is C7H10N2S. The average molecular weight is 154 g/mol. The standard InChI is InChI=1S/C7H10N2S/c1-9(2)7-4-3-6(10)5-8-7/h3-5,10H,1-2H3. The smallest absolute Gasteiger partial charge is 0.128 e. The number of rotatable bonds is 1. The molecule has 0 aliphatic carbocycles. The first-order valence-corrected chi connectivity index (χ1v) is 3.47. The zero-order valence-electron chi connectivity index (χ0n) is 6.07. The van der Waals surface area contributed by atoms with Gasteiger partial charge in [0.15, 0.2) is 0 Å². The first-order valence-electron chi connectivity index (χ1n) is 3.02. The fourth-order valence-electron chi connectivity index (χ4n) is 0.643. The molecule has 0 N–H and O–H groups in total. The summed E-state index contributed by atoms with van der Waals surface area (Å²) < 4.78 is 0. The molecule has 0 saturated heterocycles. The van der Waals surface area contributed by atoms with Crippen LogP contribution in [0, 0.1) is 0 Å². The fourth-order valence-corrected chi connectivity index (χ4v) is 0.775. The number of aromatic nitrogens is 1. The molecule has 0 saturated carbocycles. The summed E-state index contributed by atoms with van der Waals surface area (Å²) in [5, 5.41) is 0. The lowest BCUT2D eigenvalue weighted by molar-refractivity contribution is 1.05. The highest BCUT2D eigenvalue weighted by Gasteiger charge is 1.92. The maximum atomic E-state index is 4.13. The summed E-state index contributed by atoms with van der Waals surface area (Å²) in [6.07, 6.45) is 1.73. The Morgan fingerprint density at radius 2 is 2.10 bits per heavy atom. The van der Waals surface area contributed by atoms with Gasteiger partial charge in [-0.15, -0.1) is 12.6 Å². The minimum Gasteiger partial charge on any atom is -0.363 e. The van der Waals surface area contributed by atoms with E-state index in [0.29, 0.717) is 0 Å². The molecule has 0 aromatic carbocycles. The van der Waals surface area contributed by atoms with Gasteiger partial charge in [0, 0.05) is 25.2 Å². The first kappa shape index (κ1) is 7.41. The number of pyridine rings is 1. The maximum Gasteiger partial charge on any atom is 0.128 e. The van der Waals surface area contributed by atoms with Crippen molar-refractivity contribution in [3.63, 3.8) is 0 Å². The van der Waals surface area contributed by atoms with Crippen LogP contribution >= 0.6 is 12.6 Å². The first-order chi connectivity index (χ1) is 4.70. The van der Waals surface area contributed by atoms with E-state index < -0.39 is 0 Å². The minimum absolute atomic E-state index is 0.894. The molecule has 1 rings (SSSR count). The molecule has 54 valence electrons. The summed E-state index contributed by atoms with van der Waals surface area (Å²) in [6.45, 7) is 0. The van der Waals surface area contributed by atoms with E-state index in [9.17, 15) is 0 Å². The largest absolute Gasteiger partial charge is 0.363 e. The predicted octanol–water partition coefficient (Wildman–Crippen LogP) is 1.44. The zero-order chi connectivity index (χ0) is 7.56. The molecule has 0 fully saturated rings. The van der Waals surface area contributed by atoms with Gasteiger partial charge in [-0.05, 0) is 12.1 Å². The lowest BCUT2D eigenvalue weighted by Crippen LogP contribution is -2.09. The van der Waals surface area contributed by atoms with Crippen molar-refractivity contribution in [2.45, 2.75) is 4.90 Å². The summed E-state index contributed by atoms with van der Waals surface area (Å²) in [6, 6.07) is 3.85. The van der Waals surface area contributed by atoms with Gasteiger partial charge in [0.05, 0.1) is 0 Å². The van der Waals surface area contributed by atoms with Gasteiger partial charge in [0.25, 0.3) is 0 Å². The van der Waals surface area contributed by atoms with Crippen LogP contribution in [0.2, 0.25) is 0 Å². The zero-order valence-corrected chi connectivity index (χ0v) is 6.97. The summed E-state index contributed by atoms with van der Waals surface area (Å²) in [5.74, 6) is 0.956. The molecule has 1 aromatic heterocycles. The Kier molecular flexibility index (Phi) is 2.17. The third-order valence-electron chi connectivity index (χ3n) is 1.19. The van der Waals surface area contributed by atoms with Gasteiger partial charge in [0.1, 0.15) is 5.82 Å². The lowest BCUT2D eigenvalue weighted by Gasteiger charge is -2.09. The molecule has 10 heavy (non-hydrogen) atoms. The van der Waals surface area contributed by atoms with Crippen LogP contribution in [-0.4, -0.2) is 19.1 Å². The van der Waals surface area contributed by atoms with Crippen molar-refractivity contribution >= 4 is 18.4 Å². The van der Waals surface area contributed by atoms with E-state index in [4.69, 9.17) is 0 Å². The molecule has 0 amide bonds. The highest BCUT2D eigenvalue weighted by Crippen LogP contribution is 2.09. The van der Waals surface area contributed by atoms with Crippen LogP contribution in [0.4, 0.5) is 5.82 Å². The van der Waals surface area contributed by atoms with E-state index in [1.165, 1.54) is 0 Å².